The second-order valence-corrected chi connectivity index (χ2v) is 6.22. The number of aryl methyl sites for hydroxylation is 1. The van der Waals surface area contributed by atoms with Gasteiger partial charge in [-0.05, 0) is 23.0 Å². The van der Waals surface area contributed by atoms with Crippen molar-refractivity contribution in [3.05, 3.63) is 54.1 Å². The van der Waals surface area contributed by atoms with E-state index in [1.165, 1.54) is 11.1 Å². The number of imidazole rings is 1. The molecule has 0 aliphatic heterocycles. The highest BCUT2D eigenvalue weighted by molar-refractivity contribution is 5.78. The van der Waals surface area contributed by atoms with Crippen molar-refractivity contribution in [1.82, 2.24) is 9.55 Å². The van der Waals surface area contributed by atoms with Gasteiger partial charge in [-0.3, -0.25) is 4.79 Å². The number of rotatable bonds is 5. The molecular formula is C17H22N2O. The van der Waals surface area contributed by atoms with Crippen LogP contribution in [0.25, 0.3) is 0 Å². The summed E-state index contributed by atoms with van der Waals surface area (Å²) in [5.41, 5.74) is 2.72. The smallest absolute Gasteiger partial charge is 0.152 e. The van der Waals surface area contributed by atoms with Crippen molar-refractivity contribution in [1.29, 1.82) is 0 Å². The topological polar surface area (TPSA) is 34.9 Å². The average Bonchev–Trinajstić information content (AvgIpc) is 2.88. The molecule has 0 saturated carbocycles. The number of Topliss-reactive ketones (excluding diaryl/α,β-unsaturated/α-hetero) is 1. The lowest BCUT2D eigenvalue weighted by molar-refractivity contribution is -0.119. The highest BCUT2D eigenvalue weighted by Gasteiger charge is 2.13. The van der Waals surface area contributed by atoms with Gasteiger partial charge >= 0.3 is 0 Å². The summed E-state index contributed by atoms with van der Waals surface area (Å²) < 4.78 is 1.81. The molecule has 0 saturated heterocycles. The second kappa shape index (κ2) is 6.04. The molecule has 0 fully saturated rings. The van der Waals surface area contributed by atoms with Crippen molar-refractivity contribution in [3.8, 4) is 0 Å². The lowest BCUT2D eigenvalue weighted by Crippen LogP contribution is -2.11. The molecule has 20 heavy (non-hydrogen) atoms. The monoisotopic (exact) mass is 270 g/mol. The summed E-state index contributed by atoms with van der Waals surface area (Å²) in [4.78, 5) is 15.8. The summed E-state index contributed by atoms with van der Waals surface area (Å²) in [5.74, 6) is 0.239. The molecule has 1 heterocycles. The molecule has 0 aliphatic carbocycles. The molecule has 0 amide bonds. The molecule has 106 valence electrons. The molecule has 2 rings (SSSR count). The molecule has 2 aromatic rings. The van der Waals surface area contributed by atoms with Gasteiger partial charge in [0.25, 0.3) is 0 Å². The Kier molecular flexibility index (Phi) is 4.38. The van der Waals surface area contributed by atoms with E-state index in [0.29, 0.717) is 13.0 Å². The number of aromatic nitrogens is 2. The number of carbonyl (C=O) groups excluding carboxylic acids is 1. The van der Waals surface area contributed by atoms with Gasteiger partial charge in [0.1, 0.15) is 0 Å². The van der Waals surface area contributed by atoms with Crippen LogP contribution in [0.1, 0.15) is 38.3 Å². The normalized spacial score (nSPS) is 11.6. The number of carbonyl (C=O) groups is 1. The summed E-state index contributed by atoms with van der Waals surface area (Å²) >= 11 is 0. The molecule has 1 aromatic heterocycles. The van der Waals surface area contributed by atoms with Crippen LogP contribution >= 0.6 is 0 Å². The minimum absolute atomic E-state index is 0.176. The first-order valence-corrected chi connectivity index (χ1v) is 7.02. The van der Waals surface area contributed by atoms with Crippen LogP contribution in [0.5, 0.6) is 0 Å². The Hall–Kier alpha value is -1.90. The summed E-state index contributed by atoms with van der Waals surface area (Å²) in [7, 11) is 0. The quantitative estimate of drug-likeness (QED) is 0.834. The van der Waals surface area contributed by atoms with Gasteiger partial charge in [-0.2, -0.15) is 0 Å². The number of benzene rings is 1. The first-order valence-electron chi connectivity index (χ1n) is 7.02. The molecule has 3 nitrogen and oxygen atoms in total. The van der Waals surface area contributed by atoms with E-state index in [4.69, 9.17) is 0 Å². The highest BCUT2D eigenvalue weighted by Crippen LogP contribution is 2.22. The zero-order valence-electron chi connectivity index (χ0n) is 12.5. The van der Waals surface area contributed by atoms with Gasteiger partial charge in [-0.25, -0.2) is 4.98 Å². The van der Waals surface area contributed by atoms with Crippen molar-refractivity contribution < 1.29 is 4.79 Å². The van der Waals surface area contributed by atoms with Crippen LogP contribution in [0.3, 0.4) is 0 Å². The zero-order chi connectivity index (χ0) is 14.6. The Morgan fingerprint density at radius 1 is 1.20 bits per heavy atom. The fourth-order valence-electron chi connectivity index (χ4n) is 2.12. The number of nitrogens with zero attached hydrogens (tertiary/aromatic N) is 2. The number of ketones is 1. The lowest BCUT2D eigenvalue weighted by atomic mass is 9.86. The van der Waals surface area contributed by atoms with Gasteiger partial charge in [-0.15, -0.1) is 0 Å². The molecule has 0 spiro atoms. The SMILES string of the molecule is CC(C)(C)c1ccc(CCC(=O)Cn2ccnc2)cc1. The van der Waals surface area contributed by atoms with Crippen molar-refractivity contribution in [2.45, 2.75) is 45.6 Å². The third-order valence-corrected chi connectivity index (χ3v) is 3.43. The van der Waals surface area contributed by atoms with Crippen LogP contribution in [-0.4, -0.2) is 15.3 Å². The van der Waals surface area contributed by atoms with Gasteiger partial charge in [0.05, 0.1) is 12.9 Å². The average molecular weight is 270 g/mol. The maximum absolute atomic E-state index is 11.9. The summed E-state index contributed by atoms with van der Waals surface area (Å²) in [6, 6.07) is 8.58. The maximum atomic E-state index is 11.9. The maximum Gasteiger partial charge on any atom is 0.152 e. The van der Waals surface area contributed by atoms with Crippen molar-refractivity contribution in [3.63, 3.8) is 0 Å². The molecule has 0 N–H and O–H groups in total. The fourth-order valence-corrected chi connectivity index (χ4v) is 2.12. The van der Waals surface area contributed by atoms with E-state index >= 15 is 0 Å². The minimum atomic E-state index is 0.176. The number of hydrogen-bond acceptors (Lipinski definition) is 2. The van der Waals surface area contributed by atoms with Gasteiger partial charge in [0.15, 0.2) is 5.78 Å². The molecule has 0 unspecified atom stereocenters. The predicted molar refractivity (Wildman–Crippen MR) is 80.7 cm³/mol. The van der Waals surface area contributed by atoms with Crippen molar-refractivity contribution in [2.24, 2.45) is 0 Å². The highest BCUT2D eigenvalue weighted by atomic mass is 16.1. The molecule has 0 aliphatic rings. The predicted octanol–water partition coefficient (Wildman–Crippen LogP) is 3.38. The Bertz CT molecular complexity index is 548. The van der Waals surface area contributed by atoms with E-state index in [0.717, 1.165) is 6.42 Å². The van der Waals surface area contributed by atoms with Gasteiger partial charge in [0.2, 0.25) is 0 Å². The third-order valence-electron chi connectivity index (χ3n) is 3.43. The fraction of sp³-hybridized carbons (Fsp3) is 0.412. The van der Waals surface area contributed by atoms with Gasteiger partial charge in [0, 0.05) is 18.8 Å². The Morgan fingerprint density at radius 3 is 2.45 bits per heavy atom. The lowest BCUT2D eigenvalue weighted by Gasteiger charge is -2.19. The van der Waals surface area contributed by atoms with E-state index in [2.05, 4.69) is 50.0 Å². The summed E-state index contributed by atoms with van der Waals surface area (Å²) in [6.45, 7) is 7.03. The second-order valence-electron chi connectivity index (χ2n) is 6.22. The molecule has 3 heteroatoms. The van der Waals surface area contributed by atoms with Crippen molar-refractivity contribution >= 4 is 5.78 Å². The van der Waals surface area contributed by atoms with Crippen LogP contribution in [0.4, 0.5) is 0 Å². The summed E-state index contributed by atoms with van der Waals surface area (Å²) in [5, 5.41) is 0. The van der Waals surface area contributed by atoms with Crippen LogP contribution in [0.15, 0.2) is 43.0 Å². The molecule has 0 bridgehead atoms. The van der Waals surface area contributed by atoms with Crippen molar-refractivity contribution in [2.75, 3.05) is 0 Å². The minimum Gasteiger partial charge on any atom is -0.330 e. The molecule has 0 radical (unpaired) electrons. The summed E-state index contributed by atoms with van der Waals surface area (Å²) in [6.07, 6.45) is 6.57. The van der Waals surface area contributed by atoms with E-state index in [-0.39, 0.29) is 11.2 Å². The molecule has 1 aromatic carbocycles. The van der Waals surface area contributed by atoms with E-state index in [1.54, 1.807) is 12.5 Å². The first-order chi connectivity index (χ1) is 9.45. The number of hydrogen-bond donors (Lipinski definition) is 0. The molecular weight excluding hydrogens is 248 g/mol. The van der Waals surface area contributed by atoms with Crippen LogP contribution in [0.2, 0.25) is 0 Å². The van der Waals surface area contributed by atoms with E-state index < -0.39 is 0 Å². The Balaban J connectivity index is 1.86. The standard InChI is InChI=1S/C17H22N2O/c1-17(2,3)15-7-4-14(5-8-15)6-9-16(20)12-19-11-10-18-13-19/h4-5,7-8,10-11,13H,6,9,12H2,1-3H3. The third kappa shape index (κ3) is 4.05. The molecule has 0 atom stereocenters. The zero-order valence-corrected chi connectivity index (χ0v) is 12.5. The van der Waals surface area contributed by atoms with E-state index in [9.17, 15) is 4.79 Å². The van der Waals surface area contributed by atoms with Crippen LogP contribution in [-0.2, 0) is 23.2 Å². The van der Waals surface area contributed by atoms with Gasteiger partial charge < -0.3 is 4.57 Å². The van der Waals surface area contributed by atoms with Gasteiger partial charge in [-0.1, -0.05) is 45.0 Å². The van der Waals surface area contributed by atoms with Crippen LogP contribution in [0, 0.1) is 0 Å². The first kappa shape index (κ1) is 14.5. The largest absolute Gasteiger partial charge is 0.330 e. The Morgan fingerprint density at radius 2 is 1.90 bits per heavy atom. The Labute approximate surface area is 120 Å². The van der Waals surface area contributed by atoms with Crippen LogP contribution < -0.4 is 0 Å². The van der Waals surface area contributed by atoms with E-state index in [1.807, 2.05) is 10.8 Å².